The van der Waals surface area contributed by atoms with Gasteiger partial charge in [-0.15, -0.1) is 11.6 Å². The standard InChI is InChI=1S/C17H28N2O4S.C17H28N2O2S.C12H17ClN2O2.C12H20N2O2S.C5H12S/c1-16(2,3)12-24(21,22)11-14-8-7-13(9-18-14)10-19-15(20)23-17(4,5)6;1-16(2,3)12-22-11-14-8-7-13(9-18-14)10-19-15(20)21-17(4,5)6;1-12(2,3)17-11(16)15-8-9-4-5-10(6-13)14-7-9;1-12(2,3)9-17(15,16)8-11-5-4-10(6-13)7-14-11;1-5(2,3)4-6/h7-9H,10-12H2,1-6H3,(H,19,20);7-9H,10-12H2,1-6H3,(H,19,20);4-5,7H,6,8H2,1-3H3,(H,15,16);4-5,7H,6,8-9,13H2,1-3H3;6H,4H2,1-3H3. The lowest BCUT2D eigenvalue weighted by molar-refractivity contribution is 0.0512. The summed E-state index contributed by atoms with van der Waals surface area (Å²) in [7, 11) is -6.31. The van der Waals surface area contributed by atoms with Gasteiger partial charge in [0.25, 0.3) is 0 Å². The van der Waals surface area contributed by atoms with Crippen LogP contribution in [0.15, 0.2) is 73.3 Å². The van der Waals surface area contributed by atoms with Crippen molar-refractivity contribution in [2.75, 3.05) is 23.0 Å². The van der Waals surface area contributed by atoms with Crippen molar-refractivity contribution in [2.45, 2.75) is 212 Å². The second kappa shape index (κ2) is 36.7. The van der Waals surface area contributed by atoms with E-state index in [0.29, 0.717) is 47.7 Å². The fraction of sp³-hybridized carbons (Fsp3) is 0.635. The summed E-state index contributed by atoms with van der Waals surface area (Å²) < 4.78 is 63.5. The van der Waals surface area contributed by atoms with Crippen LogP contribution in [0.3, 0.4) is 0 Å². The molecular weight excluding hydrogens is 1190 g/mol. The maximum atomic E-state index is 12.1. The Hall–Kier alpha value is -4.74. The Bertz CT molecular complexity index is 2830. The summed E-state index contributed by atoms with van der Waals surface area (Å²) in [6.07, 6.45) is 5.36. The molecule has 0 radical (unpaired) electrons. The largest absolute Gasteiger partial charge is 0.444 e. The minimum Gasteiger partial charge on any atom is -0.444 e. The van der Waals surface area contributed by atoms with Gasteiger partial charge in [0.15, 0.2) is 19.7 Å². The number of rotatable bonds is 17. The van der Waals surface area contributed by atoms with Crippen LogP contribution in [0.25, 0.3) is 0 Å². The van der Waals surface area contributed by atoms with E-state index in [9.17, 15) is 31.2 Å². The van der Waals surface area contributed by atoms with E-state index < -0.39 is 54.8 Å². The van der Waals surface area contributed by atoms with Gasteiger partial charge in [0, 0.05) is 56.7 Å². The van der Waals surface area contributed by atoms with Crippen molar-refractivity contribution >= 4 is 73.9 Å². The number of nitrogens with one attached hydrogen (secondary N) is 3. The monoisotopic (exact) mass is 1300 g/mol. The van der Waals surface area contributed by atoms with Crippen molar-refractivity contribution in [2.24, 2.45) is 27.4 Å². The summed E-state index contributed by atoms with van der Waals surface area (Å²) in [6, 6.07) is 14.7. The van der Waals surface area contributed by atoms with Gasteiger partial charge in [-0.25, -0.2) is 31.2 Å². The van der Waals surface area contributed by atoms with Gasteiger partial charge in [-0.05, 0) is 142 Å². The number of hydrogen-bond donors (Lipinski definition) is 5. The topological polar surface area (TPSA) is 261 Å². The van der Waals surface area contributed by atoms with Gasteiger partial charge in [-0.3, -0.25) is 19.9 Å². The van der Waals surface area contributed by atoms with Crippen LogP contribution < -0.4 is 21.7 Å². The molecule has 5 N–H and O–H groups in total. The molecule has 4 aromatic rings. The van der Waals surface area contributed by atoms with Crippen molar-refractivity contribution < 1.29 is 45.4 Å². The minimum absolute atomic E-state index is 0.00484. The summed E-state index contributed by atoms with van der Waals surface area (Å²) in [6.45, 7) is 42.5. The first-order chi connectivity index (χ1) is 39.0. The number of alkyl halides is 1. The Balaban J connectivity index is 0.00000109. The maximum Gasteiger partial charge on any atom is 0.407 e. The molecule has 4 rings (SSSR count). The van der Waals surface area contributed by atoms with Gasteiger partial charge in [0.05, 0.1) is 51.7 Å². The maximum absolute atomic E-state index is 12.1. The van der Waals surface area contributed by atoms with E-state index in [1.165, 1.54) is 0 Å². The Labute approximate surface area is 532 Å². The number of ether oxygens (including phenoxy) is 3. The number of nitrogens with zero attached hydrogens (tertiary/aromatic N) is 4. The Morgan fingerprint density at radius 2 is 0.767 bits per heavy atom. The molecule has 0 unspecified atom stereocenters. The van der Waals surface area contributed by atoms with Crippen molar-refractivity contribution in [3.8, 4) is 0 Å². The summed E-state index contributed by atoms with van der Waals surface area (Å²) in [5, 5.41) is 8.03. The lowest BCUT2D eigenvalue weighted by atomic mass is 10.0. The van der Waals surface area contributed by atoms with Crippen LogP contribution in [0.5, 0.6) is 0 Å². The second-order valence-electron chi connectivity index (χ2n) is 28.5. The van der Waals surface area contributed by atoms with Crippen molar-refractivity contribution in [3.05, 3.63) is 118 Å². The highest BCUT2D eigenvalue weighted by Crippen LogP contribution is 2.24. The quantitative estimate of drug-likeness (QED) is 0.0374. The number of hydrogen-bond acceptors (Lipinski definition) is 17. The van der Waals surface area contributed by atoms with Crippen molar-refractivity contribution in [1.29, 1.82) is 0 Å². The van der Waals surface area contributed by atoms with Gasteiger partial charge in [0.1, 0.15) is 16.8 Å². The molecule has 0 saturated carbocycles. The molecule has 18 nitrogen and oxygen atoms in total. The lowest BCUT2D eigenvalue weighted by Gasteiger charge is -2.19. The number of carbonyl (C=O) groups excluding carboxylic acids is 3. The number of pyridine rings is 4. The summed E-state index contributed by atoms with van der Waals surface area (Å²) >= 11 is 11.6. The highest BCUT2D eigenvalue weighted by molar-refractivity contribution is 7.98. The van der Waals surface area contributed by atoms with Crippen LogP contribution in [-0.2, 0) is 83.2 Å². The molecule has 86 heavy (non-hydrogen) atoms. The van der Waals surface area contributed by atoms with E-state index in [1.54, 1.807) is 57.6 Å². The van der Waals surface area contributed by atoms with Crippen molar-refractivity contribution in [3.63, 3.8) is 0 Å². The summed E-state index contributed by atoms with van der Waals surface area (Å²) in [5.41, 5.74) is 10.7. The fourth-order valence-electron chi connectivity index (χ4n) is 6.39. The predicted octanol–water partition coefficient (Wildman–Crippen LogP) is 13.8. The third-order valence-electron chi connectivity index (χ3n) is 9.72. The van der Waals surface area contributed by atoms with Crippen LogP contribution in [-0.4, -0.2) is 94.9 Å². The summed E-state index contributed by atoms with van der Waals surface area (Å²) in [5.74, 6) is 3.57. The SMILES string of the molecule is CC(C)(C)CS.CC(C)(C)CS(=O)(=O)Cc1ccc(CN)cn1.CC(C)(C)CS(=O)(=O)Cc1ccc(CNC(=O)OC(C)(C)C)cn1.CC(C)(C)CSCc1ccc(CNC(=O)OC(C)(C)C)cn1.CC(C)(C)OC(=O)NCc1ccc(CCl)nc1. The molecule has 4 heterocycles. The van der Waals surface area contributed by atoms with Crippen LogP contribution in [0.2, 0.25) is 0 Å². The van der Waals surface area contributed by atoms with Crippen LogP contribution in [0, 0.1) is 21.7 Å². The molecule has 0 aliphatic carbocycles. The highest BCUT2D eigenvalue weighted by Gasteiger charge is 2.24. The molecular formula is C63H105ClN8O10S4. The third-order valence-corrected chi connectivity index (χ3v) is 16.6. The normalized spacial score (nSPS) is 12.2. The van der Waals surface area contributed by atoms with E-state index in [-0.39, 0.29) is 40.4 Å². The van der Waals surface area contributed by atoms with Gasteiger partial charge < -0.3 is 35.9 Å². The first kappa shape index (κ1) is 81.3. The van der Waals surface area contributed by atoms with E-state index in [2.05, 4.69) is 90.1 Å². The Morgan fingerprint density at radius 1 is 0.477 bits per heavy atom. The van der Waals surface area contributed by atoms with Gasteiger partial charge in [-0.2, -0.15) is 24.4 Å². The molecule has 3 amide bonds. The Kier molecular flexibility index (Phi) is 34.6. The number of halogens is 1. The van der Waals surface area contributed by atoms with Gasteiger partial charge in [-0.1, -0.05) is 107 Å². The third kappa shape index (κ3) is 47.3. The van der Waals surface area contributed by atoms with E-state index >= 15 is 0 Å². The zero-order chi connectivity index (χ0) is 66.6. The minimum atomic E-state index is -3.20. The zero-order valence-corrected chi connectivity index (χ0v) is 59.5. The number of aromatic nitrogens is 4. The molecule has 23 heteroatoms. The second-order valence-corrected chi connectivity index (χ2v) is 34.2. The van der Waals surface area contributed by atoms with Gasteiger partial charge in [0.2, 0.25) is 0 Å². The molecule has 488 valence electrons. The van der Waals surface area contributed by atoms with E-state index in [1.807, 2.05) is 131 Å². The molecule has 0 fully saturated rings. The predicted molar refractivity (Wildman–Crippen MR) is 356 cm³/mol. The first-order valence-corrected chi connectivity index (χ1v) is 34.5. The van der Waals surface area contributed by atoms with Crippen molar-refractivity contribution in [1.82, 2.24) is 35.9 Å². The Morgan fingerprint density at radius 3 is 1.00 bits per heavy atom. The zero-order valence-electron chi connectivity index (χ0n) is 55.4. The molecule has 0 saturated heterocycles. The van der Waals surface area contributed by atoms with Crippen LogP contribution >= 0.6 is 36.0 Å². The fourth-order valence-corrected chi connectivity index (χ4v) is 11.7. The van der Waals surface area contributed by atoms with Gasteiger partial charge >= 0.3 is 18.3 Å². The number of carbonyl (C=O) groups is 3. The number of sulfone groups is 2. The average molecular weight is 1300 g/mol. The first-order valence-electron chi connectivity index (χ1n) is 28.5. The number of amides is 3. The highest BCUT2D eigenvalue weighted by atomic mass is 35.5. The lowest BCUT2D eigenvalue weighted by Crippen LogP contribution is -2.32. The summed E-state index contributed by atoms with van der Waals surface area (Å²) in [4.78, 5) is 51.4. The molecule has 0 bridgehead atoms. The van der Waals surface area contributed by atoms with E-state index in [0.717, 1.165) is 50.9 Å². The number of thiol groups is 1. The van der Waals surface area contributed by atoms with Crippen LogP contribution in [0.4, 0.5) is 14.4 Å². The van der Waals surface area contributed by atoms with Crippen LogP contribution in [0.1, 0.15) is 190 Å². The average Bonchev–Trinajstić information content (AvgIpc) is 3.55. The molecule has 4 aromatic heterocycles. The number of alkyl carbamates (subject to hydrolysis) is 3. The molecule has 0 atom stereocenters. The number of thioether (sulfide) groups is 1. The smallest absolute Gasteiger partial charge is 0.407 e. The van der Waals surface area contributed by atoms with E-state index in [4.69, 9.17) is 31.5 Å². The molecule has 0 aromatic carbocycles. The molecule has 0 spiro atoms. The molecule has 0 aliphatic heterocycles. The molecule has 0 aliphatic rings. The number of nitrogens with two attached hydrogens (primary N) is 1.